The molecule has 8 heteroatoms. The highest BCUT2D eigenvalue weighted by Crippen LogP contribution is 2.28. The van der Waals surface area contributed by atoms with E-state index in [9.17, 15) is 13.2 Å². The number of halogens is 3. The van der Waals surface area contributed by atoms with Crippen molar-refractivity contribution in [2.24, 2.45) is 11.7 Å². The van der Waals surface area contributed by atoms with E-state index in [4.69, 9.17) is 21.0 Å². The summed E-state index contributed by atoms with van der Waals surface area (Å²) < 4.78 is 43.3. The molecule has 1 heterocycles. The Hall–Kier alpha value is -0.860. The molecule has 1 rings (SSSR count). The van der Waals surface area contributed by atoms with Crippen LogP contribution in [0, 0.1) is 11.3 Å². The van der Waals surface area contributed by atoms with E-state index in [1.807, 2.05) is 0 Å². The molecule has 1 atom stereocenters. The lowest BCUT2D eigenvalue weighted by Gasteiger charge is -2.34. The first-order valence-corrected chi connectivity index (χ1v) is 6.20. The molecular weight excluding hydrogens is 263 g/mol. The van der Waals surface area contributed by atoms with Gasteiger partial charge in [0.15, 0.2) is 0 Å². The third-order valence-corrected chi connectivity index (χ3v) is 3.19. The maximum Gasteiger partial charge on any atom is 0.399 e. The van der Waals surface area contributed by atoms with Crippen molar-refractivity contribution >= 4 is 5.84 Å². The van der Waals surface area contributed by atoms with Gasteiger partial charge < -0.3 is 20.5 Å². The minimum Gasteiger partial charge on any atom is -0.394 e. The van der Waals surface area contributed by atoms with Gasteiger partial charge in [0, 0.05) is 19.6 Å². The van der Waals surface area contributed by atoms with Gasteiger partial charge in [-0.05, 0) is 12.8 Å². The molecule has 5 nitrogen and oxygen atoms in total. The predicted molar refractivity (Wildman–Crippen MR) is 64.0 cm³/mol. The van der Waals surface area contributed by atoms with E-state index in [1.165, 1.54) is 0 Å². The highest BCUT2D eigenvalue weighted by Gasteiger charge is 2.43. The first-order valence-electron chi connectivity index (χ1n) is 6.20. The van der Waals surface area contributed by atoms with Crippen LogP contribution >= 0.6 is 0 Å². The fourth-order valence-electron chi connectivity index (χ4n) is 2.11. The summed E-state index contributed by atoms with van der Waals surface area (Å²) in [6.45, 7) is 0.890. The molecule has 0 radical (unpaired) electrons. The number of rotatable bonds is 6. The number of aliphatic hydroxyl groups excluding tert-OH is 1. The molecule has 0 aromatic heterocycles. The van der Waals surface area contributed by atoms with Gasteiger partial charge in [0.1, 0.15) is 11.8 Å². The van der Waals surface area contributed by atoms with Crippen LogP contribution < -0.4 is 5.73 Å². The summed E-state index contributed by atoms with van der Waals surface area (Å²) in [5, 5.41) is 15.7. The maximum atomic E-state index is 12.7. The zero-order valence-electron chi connectivity index (χ0n) is 10.6. The summed E-state index contributed by atoms with van der Waals surface area (Å²) in [7, 11) is 0. The van der Waals surface area contributed by atoms with Crippen LogP contribution in [0.2, 0.25) is 0 Å². The number of amidine groups is 1. The molecule has 0 saturated carbocycles. The molecule has 0 aromatic carbocycles. The molecule has 1 aliphatic heterocycles. The number of alkyl halides is 3. The van der Waals surface area contributed by atoms with Crippen molar-refractivity contribution in [2.75, 3.05) is 32.8 Å². The Morgan fingerprint density at radius 1 is 1.42 bits per heavy atom. The normalized spacial score (nSPS) is 20.4. The number of nitrogens with one attached hydrogen (secondary N) is 1. The lowest BCUT2D eigenvalue weighted by molar-refractivity contribution is -0.161. The number of nitrogens with zero attached hydrogens (tertiary/aromatic N) is 1. The van der Waals surface area contributed by atoms with E-state index in [1.54, 1.807) is 4.90 Å². The number of hydrogen-bond acceptors (Lipinski definition) is 4. The van der Waals surface area contributed by atoms with E-state index in [0.717, 1.165) is 0 Å². The third-order valence-electron chi connectivity index (χ3n) is 3.19. The molecule has 112 valence electrons. The molecule has 1 unspecified atom stereocenters. The fraction of sp³-hybridized carbons (Fsp3) is 0.909. The Balaban J connectivity index is 2.41. The van der Waals surface area contributed by atoms with E-state index in [-0.39, 0.29) is 25.9 Å². The van der Waals surface area contributed by atoms with E-state index >= 15 is 0 Å². The first kappa shape index (κ1) is 16.2. The molecule has 1 aliphatic rings. The number of nitrogens with two attached hydrogens (primary N) is 1. The van der Waals surface area contributed by atoms with Crippen LogP contribution in [-0.4, -0.2) is 61.0 Å². The zero-order chi connectivity index (χ0) is 14.5. The van der Waals surface area contributed by atoms with Crippen molar-refractivity contribution in [2.45, 2.75) is 25.1 Å². The second-order valence-corrected chi connectivity index (χ2v) is 4.64. The summed E-state index contributed by atoms with van der Waals surface area (Å²) in [6, 6.07) is 0. The van der Waals surface area contributed by atoms with Crippen molar-refractivity contribution in [3.8, 4) is 0 Å². The Kier molecular flexibility index (Phi) is 6.02. The molecule has 19 heavy (non-hydrogen) atoms. The number of aliphatic hydroxyl groups is 1. The van der Waals surface area contributed by atoms with Crippen LogP contribution in [0.25, 0.3) is 0 Å². The van der Waals surface area contributed by atoms with Gasteiger partial charge in [0.25, 0.3) is 0 Å². The second kappa shape index (κ2) is 7.06. The van der Waals surface area contributed by atoms with Gasteiger partial charge >= 0.3 is 6.18 Å². The standard InChI is InChI=1S/C11H20F3N3O2/c12-11(13,14)9(10(15)16)7-17-3-1-8(2-4-17)19-6-5-18/h8-9,18H,1-7H2,(H3,15,16). The maximum absolute atomic E-state index is 12.7. The third kappa shape index (κ3) is 5.33. The lowest BCUT2D eigenvalue weighted by Crippen LogP contribution is -2.47. The van der Waals surface area contributed by atoms with Crippen LogP contribution in [0.15, 0.2) is 0 Å². The topological polar surface area (TPSA) is 82.6 Å². The van der Waals surface area contributed by atoms with Crippen molar-refractivity contribution in [3.05, 3.63) is 0 Å². The molecule has 0 amide bonds. The summed E-state index contributed by atoms with van der Waals surface area (Å²) in [5.41, 5.74) is 5.02. The van der Waals surface area contributed by atoms with Gasteiger partial charge in [0.2, 0.25) is 0 Å². The average Bonchev–Trinajstić information content (AvgIpc) is 2.33. The smallest absolute Gasteiger partial charge is 0.394 e. The summed E-state index contributed by atoms with van der Waals surface area (Å²) in [5.74, 6) is -2.74. The van der Waals surface area contributed by atoms with Crippen LogP contribution in [0.5, 0.6) is 0 Å². The molecular formula is C11H20F3N3O2. The largest absolute Gasteiger partial charge is 0.399 e. The summed E-state index contributed by atoms with van der Waals surface area (Å²) in [6.07, 6.45) is -3.23. The van der Waals surface area contributed by atoms with Crippen LogP contribution in [0.1, 0.15) is 12.8 Å². The minimum atomic E-state index is -4.48. The van der Waals surface area contributed by atoms with Crippen molar-refractivity contribution in [1.29, 1.82) is 5.41 Å². The van der Waals surface area contributed by atoms with Gasteiger partial charge in [-0.1, -0.05) is 0 Å². The highest BCUT2D eigenvalue weighted by molar-refractivity contribution is 5.80. The zero-order valence-corrected chi connectivity index (χ0v) is 10.6. The number of piperidine rings is 1. The van der Waals surface area contributed by atoms with Gasteiger partial charge in [-0.2, -0.15) is 13.2 Å². The monoisotopic (exact) mass is 283 g/mol. The van der Waals surface area contributed by atoms with Crippen molar-refractivity contribution in [3.63, 3.8) is 0 Å². The summed E-state index contributed by atoms with van der Waals surface area (Å²) >= 11 is 0. The van der Waals surface area contributed by atoms with E-state index in [2.05, 4.69) is 0 Å². The Morgan fingerprint density at radius 2 is 2.00 bits per heavy atom. The quantitative estimate of drug-likeness (QED) is 0.492. The van der Waals surface area contributed by atoms with Crippen molar-refractivity contribution in [1.82, 2.24) is 4.90 Å². The molecule has 0 aliphatic carbocycles. The number of ether oxygens (including phenoxy) is 1. The van der Waals surface area contributed by atoms with Crippen LogP contribution in [0.4, 0.5) is 13.2 Å². The molecule has 1 saturated heterocycles. The average molecular weight is 283 g/mol. The molecule has 0 aromatic rings. The minimum absolute atomic E-state index is 0.00920. The fourth-order valence-corrected chi connectivity index (χ4v) is 2.11. The first-order chi connectivity index (χ1) is 8.84. The number of likely N-dealkylation sites (tertiary alicyclic amines) is 1. The van der Waals surface area contributed by atoms with E-state index in [0.29, 0.717) is 25.9 Å². The van der Waals surface area contributed by atoms with E-state index < -0.39 is 17.9 Å². The van der Waals surface area contributed by atoms with Gasteiger partial charge in [-0.15, -0.1) is 0 Å². The van der Waals surface area contributed by atoms with Crippen LogP contribution in [0.3, 0.4) is 0 Å². The predicted octanol–water partition coefficient (Wildman–Crippen LogP) is 0.574. The second-order valence-electron chi connectivity index (χ2n) is 4.64. The SMILES string of the molecule is N=C(N)C(CN1CCC(OCCO)CC1)C(F)(F)F. The molecule has 0 bridgehead atoms. The molecule has 1 fully saturated rings. The highest BCUT2D eigenvalue weighted by atomic mass is 19.4. The van der Waals surface area contributed by atoms with Crippen LogP contribution in [-0.2, 0) is 4.74 Å². The molecule has 0 spiro atoms. The Labute approximate surface area is 110 Å². The van der Waals surface area contributed by atoms with Gasteiger partial charge in [-0.3, -0.25) is 5.41 Å². The van der Waals surface area contributed by atoms with Crippen molar-refractivity contribution < 1.29 is 23.0 Å². The van der Waals surface area contributed by atoms with Gasteiger partial charge in [0.05, 0.1) is 19.3 Å². The molecule has 4 N–H and O–H groups in total. The lowest BCUT2D eigenvalue weighted by atomic mass is 10.0. The Morgan fingerprint density at radius 3 is 2.42 bits per heavy atom. The number of hydrogen-bond donors (Lipinski definition) is 3. The summed E-state index contributed by atoms with van der Waals surface area (Å²) in [4.78, 5) is 1.65. The Bertz CT molecular complexity index is 291. The van der Waals surface area contributed by atoms with Gasteiger partial charge in [-0.25, -0.2) is 0 Å².